The summed E-state index contributed by atoms with van der Waals surface area (Å²) < 4.78 is 0. The second-order valence-corrected chi connectivity index (χ2v) is 6.31. The van der Waals surface area contributed by atoms with Gasteiger partial charge in [-0.15, -0.1) is 0 Å². The van der Waals surface area contributed by atoms with Crippen molar-refractivity contribution in [3.63, 3.8) is 0 Å². The van der Waals surface area contributed by atoms with Gasteiger partial charge < -0.3 is 15.4 Å². The van der Waals surface area contributed by atoms with Crippen molar-refractivity contribution in [1.29, 1.82) is 0 Å². The first-order valence-corrected chi connectivity index (χ1v) is 8.06. The summed E-state index contributed by atoms with van der Waals surface area (Å²) in [5.41, 5.74) is 3.65. The Kier molecular flexibility index (Phi) is 4.62. The summed E-state index contributed by atoms with van der Waals surface area (Å²) in [6.45, 7) is 3.95. The Morgan fingerprint density at radius 2 is 1.96 bits per heavy atom. The van der Waals surface area contributed by atoms with Crippen molar-refractivity contribution in [3.05, 3.63) is 48.8 Å². The fraction of sp³-hybridized carbons (Fsp3) is 0.263. The van der Waals surface area contributed by atoms with Gasteiger partial charge in [0.25, 0.3) is 5.91 Å². The predicted molar refractivity (Wildman–Crippen MR) is 95.6 cm³/mol. The van der Waals surface area contributed by atoms with E-state index in [9.17, 15) is 9.90 Å². The molecule has 5 nitrogen and oxygen atoms in total. The summed E-state index contributed by atoms with van der Waals surface area (Å²) in [7, 11) is 0. The molecule has 0 fully saturated rings. The van der Waals surface area contributed by atoms with Crippen molar-refractivity contribution in [2.75, 3.05) is 5.32 Å². The molecule has 0 radical (unpaired) electrons. The Bertz CT molecular complexity index is 837. The molecule has 1 atom stereocenters. The number of aromatic nitrogens is 2. The molecule has 0 spiro atoms. The van der Waals surface area contributed by atoms with Crippen LogP contribution in [0, 0.1) is 5.92 Å². The fourth-order valence-corrected chi connectivity index (χ4v) is 2.72. The molecular formula is C19H21N3O2. The number of hydrogen-bond acceptors (Lipinski definition) is 3. The van der Waals surface area contributed by atoms with Crippen LogP contribution in [0.3, 0.4) is 0 Å². The first-order chi connectivity index (χ1) is 11.5. The Balaban J connectivity index is 1.76. The van der Waals surface area contributed by atoms with E-state index in [2.05, 4.69) is 15.3 Å². The number of aliphatic hydroxyl groups is 1. The summed E-state index contributed by atoms with van der Waals surface area (Å²) >= 11 is 0. The molecule has 3 N–H and O–H groups in total. The molecule has 0 unspecified atom stereocenters. The van der Waals surface area contributed by atoms with Gasteiger partial charge >= 0.3 is 0 Å². The Hall–Kier alpha value is -2.66. The maximum absolute atomic E-state index is 12.0. The minimum Gasteiger partial charge on any atom is -0.383 e. The van der Waals surface area contributed by atoms with E-state index >= 15 is 0 Å². The molecule has 0 aliphatic carbocycles. The molecule has 0 saturated heterocycles. The van der Waals surface area contributed by atoms with Gasteiger partial charge in [0.2, 0.25) is 0 Å². The molecular weight excluding hydrogens is 302 g/mol. The highest BCUT2D eigenvalue weighted by Crippen LogP contribution is 2.27. The number of nitrogens with one attached hydrogen (secondary N) is 2. The number of nitrogens with zero attached hydrogens (tertiary/aromatic N) is 1. The number of hydrogen-bond donors (Lipinski definition) is 3. The van der Waals surface area contributed by atoms with Gasteiger partial charge in [-0.25, -0.2) is 4.98 Å². The molecule has 3 rings (SSSR count). The average Bonchev–Trinajstić information content (AvgIpc) is 3.03. The lowest BCUT2D eigenvalue weighted by atomic mass is 10.0. The van der Waals surface area contributed by atoms with E-state index in [1.54, 1.807) is 6.20 Å². The average molecular weight is 323 g/mol. The van der Waals surface area contributed by atoms with Crippen LogP contribution >= 0.6 is 0 Å². The van der Waals surface area contributed by atoms with E-state index in [1.807, 2.05) is 56.4 Å². The topological polar surface area (TPSA) is 78.0 Å². The molecule has 3 aromatic rings. The molecule has 0 saturated carbocycles. The maximum atomic E-state index is 12.0. The maximum Gasteiger partial charge on any atom is 0.253 e. The van der Waals surface area contributed by atoms with E-state index in [1.165, 1.54) is 0 Å². The van der Waals surface area contributed by atoms with Crippen molar-refractivity contribution in [3.8, 4) is 11.1 Å². The number of carbonyl (C=O) groups is 1. The Morgan fingerprint density at radius 3 is 2.67 bits per heavy atom. The lowest BCUT2D eigenvalue weighted by Crippen LogP contribution is -2.28. The van der Waals surface area contributed by atoms with Crippen LogP contribution in [0.1, 0.15) is 20.3 Å². The zero-order valence-corrected chi connectivity index (χ0v) is 13.8. The minimum atomic E-state index is -0.982. The number of amides is 1. The number of aromatic amines is 1. The van der Waals surface area contributed by atoms with E-state index in [-0.39, 0.29) is 11.8 Å². The van der Waals surface area contributed by atoms with Crippen molar-refractivity contribution in [1.82, 2.24) is 9.97 Å². The van der Waals surface area contributed by atoms with Gasteiger partial charge in [0.15, 0.2) is 0 Å². The monoisotopic (exact) mass is 323 g/mol. The highest BCUT2D eigenvalue weighted by molar-refractivity contribution is 5.95. The van der Waals surface area contributed by atoms with Gasteiger partial charge in [0.1, 0.15) is 11.8 Å². The van der Waals surface area contributed by atoms with Crippen molar-refractivity contribution < 1.29 is 9.90 Å². The second-order valence-electron chi connectivity index (χ2n) is 6.31. The Labute approximate surface area is 140 Å². The first-order valence-electron chi connectivity index (χ1n) is 8.06. The third kappa shape index (κ3) is 3.46. The number of aliphatic hydroxyl groups excluding tert-OH is 1. The number of rotatable bonds is 5. The molecule has 1 amide bonds. The number of fused-ring (bicyclic) bond motifs is 1. The molecule has 2 heterocycles. The number of H-pyrrole nitrogens is 1. The number of pyridine rings is 1. The molecule has 24 heavy (non-hydrogen) atoms. The summed E-state index contributed by atoms with van der Waals surface area (Å²) in [6.07, 6.45) is 3.11. The molecule has 0 aliphatic heterocycles. The van der Waals surface area contributed by atoms with Gasteiger partial charge in [-0.05, 0) is 47.7 Å². The van der Waals surface area contributed by atoms with Crippen LogP contribution in [-0.2, 0) is 4.79 Å². The largest absolute Gasteiger partial charge is 0.383 e. The summed E-state index contributed by atoms with van der Waals surface area (Å²) in [5, 5.41) is 13.7. The van der Waals surface area contributed by atoms with E-state index < -0.39 is 6.10 Å². The van der Waals surface area contributed by atoms with Crippen LogP contribution in [-0.4, -0.2) is 27.1 Å². The zero-order chi connectivity index (χ0) is 17.1. The zero-order valence-electron chi connectivity index (χ0n) is 13.8. The lowest BCUT2D eigenvalue weighted by Gasteiger charge is -2.13. The van der Waals surface area contributed by atoms with Crippen molar-refractivity contribution >= 4 is 22.6 Å². The van der Waals surface area contributed by atoms with Crippen LogP contribution < -0.4 is 5.32 Å². The van der Waals surface area contributed by atoms with Gasteiger partial charge in [-0.1, -0.05) is 26.0 Å². The summed E-state index contributed by atoms with van der Waals surface area (Å²) in [6, 6.07) is 11.5. The van der Waals surface area contributed by atoms with Gasteiger partial charge in [0, 0.05) is 23.5 Å². The summed E-state index contributed by atoms with van der Waals surface area (Å²) in [4.78, 5) is 19.4. The Morgan fingerprint density at radius 1 is 1.21 bits per heavy atom. The van der Waals surface area contributed by atoms with Gasteiger partial charge in [0.05, 0.1) is 0 Å². The van der Waals surface area contributed by atoms with Crippen LogP contribution in [0.2, 0.25) is 0 Å². The van der Waals surface area contributed by atoms with E-state index in [0.29, 0.717) is 12.1 Å². The van der Waals surface area contributed by atoms with Gasteiger partial charge in [-0.2, -0.15) is 0 Å². The molecule has 0 aliphatic rings. The number of anilines is 1. The lowest BCUT2D eigenvalue weighted by molar-refractivity contribution is -0.124. The number of carbonyl (C=O) groups excluding carboxylic acids is 1. The van der Waals surface area contributed by atoms with Crippen LogP contribution in [0.4, 0.5) is 5.69 Å². The van der Waals surface area contributed by atoms with Crippen molar-refractivity contribution in [2.45, 2.75) is 26.4 Å². The van der Waals surface area contributed by atoms with Crippen LogP contribution in [0.15, 0.2) is 48.8 Å². The predicted octanol–water partition coefficient (Wildman–Crippen LogP) is 3.58. The minimum absolute atomic E-state index is 0.267. The second kappa shape index (κ2) is 6.84. The normalized spacial score (nSPS) is 12.5. The highest BCUT2D eigenvalue weighted by atomic mass is 16.3. The standard InChI is InChI=1S/C19H21N3O2/c1-12(2)11-17(23)19(24)22-14-5-3-13(4-6-14)15-7-9-20-18-16(15)8-10-21-18/h3-10,12,17,23H,11H2,1-2H3,(H,20,21)(H,22,24)/t17-/m1/s1. The molecule has 1 aromatic carbocycles. The van der Waals surface area contributed by atoms with Gasteiger partial charge in [-0.3, -0.25) is 4.79 Å². The molecule has 5 heteroatoms. The van der Waals surface area contributed by atoms with E-state index in [0.717, 1.165) is 22.2 Å². The molecule has 2 aromatic heterocycles. The van der Waals surface area contributed by atoms with Crippen LogP contribution in [0.5, 0.6) is 0 Å². The fourth-order valence-electron chi connectivity index (χ4n) is 2.72. The smallest absolute Gasteiger partial charge is 0.253 e. The highest BCUT2D eigenvalue weighted by Gasteiger charge is 2.16. The van der Waals surface area contributed by atoms with Crippen molar-refractivity contribution in [2.24, 2.45) is 5.92 Å². The quantitative estimate of drug-likeness (QED) is 0.671. The SMILES string of the molecule is CC(C)C[C@@H](O)C(=O)Nc1ccc(-c2ccnc3[nH]ccc23)cc1. The van der Waals surface area contributed by atoms with Crippen LogP contribution in [0.25, 0.3) is 22.2 Å². The number of benzene rings is 1. The summed E-state index contributed by atoms with van der Waals surface area (Å²) in [5.74, 6) is -0.100. The first kappa shape index (κ1) is 16.2. The third-order valence-corrected chi connectivity index (χ3v) is 3.92. The van der Waals surface area contributed by atoms with E-state index in [4.69, 9.17) is 0 Å². The third-order valence-electron chi connectivity index (χ3n) is 3.92. The molecule has 124 valence electrons. The molecule has 0 bridgehead atoms.